The predicted octanol–water partition coefficient (Wildman–Crippen LogP) is 2.81. The van der Waals surface area contributed by atoms with Crippen LogP contribution in [0.15, 0.2) is 47.4 Å². The van der Waals surface area contributed by atoms with E-state index in [0.29, 0.717) is 11.4 Å². The van der Waals surface area contributed by atoms with Gasteiger partial charge in [0.1, 0.15) is 11.6 Å². The Morgan fingerprint density at radius 3 is 2.67 bits per heavy atom. The molecule has 0 aliphatic rings. The predicted molar refractivity (Wildman–Crippen MR) is 82.2 cm³/mol. The summed E-state index contributed by atoms with van der Waals surface area (Å²) >= 11 is 5.92. The van der Waals surface area contributed by atoms with E-state index < -0.39 is 22.5 Å². The summed E-state index contributed by atoms with van der Waals surface area (Å²) in [5.41, 5.74) is 6.37. The zero-order valence-corrected chi connectivity index (χ0v) is 12.4. The molecule has 7 heteroatoms. The molecule has 4 nitrogen and oxygen atoms in total. The molecule has 0 bridgehead atoms. The van der Waals surface area contributed by atoms with Crippen molar-refractivity contribution in [1.29, 1.82) is 0 Å². The first-order chi connectivity index (χ1) is 9.97. The first-order valence-electron chi connectivity index (χ1n) is 5.95. The summed E-state index contributed by atoms with van der Waals surface area (Å²) in [7, 11) is -1.76. The van der Waals surface area contributed by atoms with Gasteiger partial charge in [0.25, 0.3) is 0 Å². The van der Waals surface area contributed by atoms with E-state index in [1.807, 2.05) is 0 Å². The van der Waals surface area contributed by atoms with E-state index in [1.165, 1.54) is 24.3 Å². The Labute approximate surface area is 128 Å². The van der Waals surface area contributed by atoms with Crippen LogP contribution in [0.2, 0.25) is 5.02 Å². The molecule has 0 aliphatic heterocycles. The number of amides is 1. The van der Waals surface area contributed by atoms with Crippen LogP contribution in [0.25, 0.3) is 0 Å². The molecule has 2 aromatic carbocycles. The van der Waals surface area contributed by atoms with E-state index in [-0.39, 0.29) is 15.7 Å². The number of hydrogen-bond acceptors (Lipinski definition) is 3. The van der Waals surface area contributed by atoms with Crippen molar-refractivity contribution in [2.45, 2.75) is 4.90 Å². The van der Waals surface area contributed by atoms with E-state index >= 15 is 0 Å². The number of nitrogens with two attached hydrogens (primary N) is 1. The van der Waals surface area contributed by atoms with E-state index in [0.717, 1.165) is 0 Å². The Morgan fingerprint density at radius 1 is 1.29 bits per heavy atom. The van der Waals surface area contributed by atoms with Crippen molar-refractivity contribution in [1.82, 2.24) is 0 Å². The highest BCUT2D eigenvalue weighted by molar-refractivity contribution is 7.85. The van der Waals surface area contributed by atoms with Crippen molar-refractivity contribution in [3.05, 3.63) is 53.3 Å². The first kappa shape index (κ1) is 15.5. The molecule has 0 fully saturated rings. The molecule has 3 N–H and O–H groups in total. The summed E-state index contributed by atoms with van der Waals surface area (Å²) in [6.45, 7) is 0. The average molecular weight is 327 g/mol. The van der Waals surface area contributed by atoms with Crippen molar-refractivity contribution in [3.8, 4) is 0 Å². The topological polar surface area (TPSA) is 72.2 Å². The summed E-state index contributed by atoms with van der Waals surface area (Å²) in [5, 5.41) is 2.79. The molecule has 0 radical (unpaired) electrons. The molecule has 1 amide bonds. The van der Waals surface area contributed by atoms with Gasteiger partial charge in [0, 0.05) is 5.69 Å². The highest BCUT2D eigenvalue weighted by Gasteiger charge is 2.14. The summed E-state index contributed by atoms with van der Waals surface area (Å²) in [5.74, 6) is -1.49. The third kappa shape index (κ3) is 4.03. The number of hydrogen-bond donors (Lipinski definition) is 2. The summed E-state index contributed by atoms with van der Waals surface area (Å²) in [6.07, 6.45) is 0. The van der Waals surface area contributed by atoms with Crippen LogP contribution in [-0.4, -0.2) is 15.9 Å². The Bertz CT molecular complexity index is 709. The van der Waals surface area contributed by atoms with Gasteiger partial charge in [-0.15, -0.1) is 0 Å². The third-order valence-electron chi connectivity index (χ3n) is 2.61. The normalized spacial score (nSPS) is 11.9. The number of anilines is 2. The second-order valence-corrected chi connectivity index (χ2v) is 6.03. The minimum atomic E-state index is -1.76. The average Bonchev–Trinajstić information content (AvgIpc) is 2.42. The lowest BCUT2D eigenvalue weighted by molar-refractivity contribution is -0.113. The molecule has 110 valence electrons. The van der Waals surface area contributed by atoms with Gasteiger partial charge in [-0.05, 0) is 30.3 Å². The monoisotopic (exact) mass is 326 g/mol. The van der Waals surface area contributed by atoms with Crippen LogP contribution in [0, 0.1) is 5.82 Å². The molecule has 0 aliphatic carbocycles. The number of halogens is 2. The summed E-state index contributed by atoms with van der Waals surface area (Å²) in [4.78, 5) is 11.8. The number of benzene rings is 2. The minimum Gasteiger partial charge on any atom is -0.399 e. The van der Waals surface area contributed by atoms with E-state index in [1.54, 1.807) is 18.2 Å². The lowest BCUT2D eigenvalue weighted by atomic mass is 10.3. The van der Waals surface area contributed by atoms with Crippen LogP contribution in [0.5, 0.6) is 0 Å². The molecule has 0 heterocycles. The summed E-state index contributed by atoms with van der Waals surface area (Å²) in [6, 6.07) is 10.2. The first-order valence-corrected chi connectivity index (χ1v) is 7.65. The highest BCUT2D eigenvalue weighted by atomic mass is 35.5. The highest BCUT2D eigenvalue weighted by Crippen LogP contribution is 2.24. The Hall–Kier alpha value is -1.92. The van der Waals surface area contributed by atoms with Crippen molar-refractivity contribution in [3.63, 3.8) is 0 Å². The van der Waals surface area contributed by atoms with Gasteiger partial charge in [0.05, 0.1) is 26.4 Å². The number of carbonyl (C=O) groups is 1. The Kier molecular flexibility index (Phi) is 4.93. The van der Waals surface area contributed by atoms with Gasteiger partial charge < -0.3 is 11.1 Å². The van der Waals surface area contributed by atoms with Gasteiger partial charge >= 0.3 is 0 Å². The zero-order chi connectivity index (χ0) is 15.4. The van der Waals surface area contributed by atoms with Crippen molar-refractivity contribution >= 4 is 39.7 Å². The van der Waals surface area contributed by atoms with Crippen LogP contribution >= 0.6 is 11.6 Å². The molecule has 2 rings (SSSR count). The lowest BCUT2D eigenvalue weighted by Crippen LogP contribution is -2.20. The van der Waals surface area contributed by atoms with Crippen LogP contribution in [0.1, 0.15) is 0 Å². The van der Waals surface area contributed by atoms with Crippen molar-refractivity contribution in [2.75, 3.05) is 16.8 Å². The lowest BCUT2D eigenvalue weighted by Gasteiger charge is -2.08. The van der Waals surface area contributed by atoms with Gasteiger partial charge in [0.15, 0.2) is 0 Å². The maximum atomic E-state index is 13.5. The molecular weight excluding hydrogens is 315 g/mol. The van der Waals surface area contributed by atoms with Crippen LogP contribution in [-0.2, 0) is 15.6 Å². The van der Waals surface area contributed by atoms with Gasteiger partial charge in [-0.2, -0.15) is 0 Å². The second-order valence-electron chi connectivity index (χ2n) is 4.21. The molecule has 0 saturated carbocycles. The number of rotatable bonds is 4. The molecule has 2 aromatic rings. The van der Waals surface area contributed by atoms with Crippen LogP contribution < -0.4 is 11.1 Å². The quantitative estimate of drug-likeness (QED) is 0.849. The van der Waals surface area contributed by atoms with Crippen LogP contribution in [0.3, 0.4) is 0 Å². The molecule has 0 spiro atoms. The minimum absolute atomic E-state index is 0.00365. The van der Waals surface area contributed by atoms with Crippen molar-refractivity contribution < 1.29 is 13.4 Å². The molecule has 0 saturated heterocycles. The Morgan fingerprint density at radius 2 is 2.00 bits per heavy atom. The standard InChI is InChI=1S/C14H12ClFN2O2S/c15-10-7-9(17)5-6-12(10)18-14(19)8-21(20)13-4-2-1-3-11(13)16/h1-7H,8,17H2,(H,18,19). The fourth-order valence-corrected chi connectivity index (χ4v) is 2.86. The van der Waals surface area contributed by atoms with E-state index in [4.69, 9.17) is 17.3 Å². The fourth-order valence-electron chi connectivity index (χ4n) is 1.65. The SMILES string of the molecule is Nc1ccc(NC(=O)CS(=O)c2ccccc2F)c(Cl)c1. The summed E-state index contributed by atoms with van der Waals surface area (Å²) < 4.78 is 25.4. The van der Waals surface area contributed by atoms with E-state index in [2.05, 4.69) is 5.32 Å². The molecule has 1 unspecified atom stereocenters. The number of nitrogens with one attached hydrogen (secondary N) is 1. The van der Waals surface area contributed by atoms with Gasteiger partial charge in [-0.1, -0.05) is 23.7 Å². The zero-order valence-electron chi connectivity index (χ0n) is 10.8. The van der Waals surface area contributed by atoms with E-state index in [9.17, 15) is 13.4 Å². The van der Waals surface area contributed by atoms with Gasteiger partial charge in [0.2, 0.25) is 5.91 Å². The molecule has 1 atom stereocenters. The third-order valence-corrected chi connectivity index (χ3v) is 4.27. The van der Waals surface area contributed by atoms with Crippen LogP contribution in [0.4, 0.5) is 15.8 Å². The second kappa shape index (κ2) is 6.69. The van der Waals surface area contributed by atoms with Gasteiger partial charge in [-0.3, -0.25) is 9.00 Å². The fraction of sp³-hybridized carbons (Fsp3) is 0.0714. The van der Waals surface area contributed by atoms with Gasteiger partial charge in [-0.25, -0.2) is 4.39 Å². The Balaban J connectivity index is 2.05. The number of carbonyl (C=O) groups excluding carboxylic acids is 1. The molecular formula is C14H12ClFN2O2S. The van der Waals surface area contributed by atoms with Crippen molar-refractivity contribution in [2.24, 2.45) is 0 Å². The number of nitrogen functional groups attached to an aromatic ring is 1. The molecule has 0 aromatic heterocycles. The smallest absolute Gasteiger partial charge is 0.237 e. The largest absolute Gasteiger partial charge is 0.399 e. The molecule has 21 heavy (non-hydrogen) atoms. The maximum absolute atomic E-state index is 13.5. The maximum Gasteiger partial charge on any atom is 0.237 e.